The molecule has 0 bridgehead atoms. The zero-order chi connectivity index (χ0) is 18.4. The van der Waals surface area contributed by atoms with Gasteiger partial charge in [-0.2, -0.15) is 0 Å². The first-order valence-electron chi connectivity index (χ1n) is 8.50. The fourth-order valence-corrected chi connectivity index (χ4v) is 3.04. The molecule has 0 radical (unpaired) electrons. The molecule has 4 nitrogen and oxygen atoms in total. The number of rotatable bonds is 6. The van der Waals surface area contributed by atoms with E-state index in [1.165, 1.54) is 0 Å². The molecule has 0 saturated carbocycles. The van der Waals surface area contributed by atoms with E-state index in [4.69, 9.17) is 5.11 Å². The van der Waals surface area contributed by atoms with E-state index in [1.807, 2.05) is 84.9 Å². The van der Waals surface area contributed by atoms with Crippen molar-refractivity contribution in [3.8, 4) is 11.1 Å². The number of aliphatic hydroxyl groups excluding tert-OH is 1. The Morgan fingerprint density at radius 1 is 0.769 bits per heavy atom. The van der Waals surface area contributed by atoms with Gasteiger partial charge in [0, 0.05) is 12.5 Å². The van der Waals surface area contributed by atoms with Crippen LogP contribution in [0.1, 0.15) is 23.1 Å². The quantitative estimate of drug-likeness (QED) is 0.617. The van der Waals surface area contributed by atoms with Gasteiger partial charge in [0.25, 0.3) is 0 Å². The molecular weight excluding hydrogens is 326 g/mol. The molecule has 132 valence electrons. The van der Waals surface area contributed by atoms with Gasteiger partial charge in [0.05, 0.1) is 6.10 Å². The largest absolute Gasteiger partial charge is 0.465 e. The molecule has 3 N–H and O–H groups in total. The molecule has 0 aliphatic carbocycles. The topological polar surface area (TPSA) is 69.6 Å². The number of aliphatic hydroxyl groups is 1. The zero-order valence-corrected chi connectivity index (χ0v) is 14.2. The number of amides is 1. The number of benzene rings is 3. The van der Waals surface area contributed by atoms with E-state index in [9.17, 15) is 9.90 Å². The molecule has 0 heterocycles. The van der Waals surface area contributed by atoms with Gasteiger partial charge in [-0.15, -0.1) is 0 Å². The van der Waals surface area contributed by atoms with Crippen molar-refractivity contribution in [1.29, 1.82) is 0 Å². The predicted octanol–water partition coefficient (Wildman–Crippen LogP) is 4.44. The molecule has 3 aromatic carbocycles. The van der Waals surface area contributed by atoms with Crippen LogP contribution < -0.4 is 5.32 Å². The number of nitrogens with one attached hydrogen (secondary N) is 1. The summed E-state index contributed by atoms with van der Waals surface area (Å²) < 4.78 is 0. The van der Waals surface area contributed by atoms with Gasteiger partial charge in [-0.05, 0) is 22.3 Å². The standard InChI is InChI=1S/C22H21NO3/c24-21(19-9-5-2-6-10-19)20(15-23-22(25)26)18-13-11-17(12-14-18)16-7-3-1-4-8-16/h1-14,20-21,23-24H,15H2,(H,25,26)/t20-,21+/m1/s1. The second-order valence-corrected chi connectivity index (χ2v) is 6.14. The maximum atomic E-state index is 10.9. The Bertz CT molecular complexity index is 832. The molecule has 4 heteroatoms. The van der Waals surface area contributed by atoms with Gasteiger partial charge in [-0.3, -0.25) is 0 Å². The molecular formula is C22H21NO3. The predicted molar refractivity (Wildman–Crippen MR) is 102 cm³/mol. The van der Waals surface area contributed by atoms with Crippen molar-refractivity contribution in [3.63, 3.8) is 0 Å². The second kappa shape index (κ2) is 8.32. The van der Waals surface area contributed by atoms with E-state index >= 15 is 0 Å². The van der Waals surface area contributed by atoms with E-state index in [2.05, 4.69) is 5.32 Å². The van der Waals surface area contributed by atoms with Gasteiger partial charge in [0.15, 0.2) is 0 Å². The van der Waals surface area contributed by atoms with Crippen LogP contribution in [0.5, 0.6) is 0 Å². The van der Waals surface area contributed by atoms with Crippen LogP contribution in [-0.2, 0) is 0 Å². The minimum atomic E-state index is -1.10. The normalized spacial score (nSPS) is 13.0. The van der Waals surface area contributed by atoms with Crippen LogP contribution in [-0.4, -0.2) is 22.9 Å². The smallest absolute Gasteiger partial charge is 0.404 e. The zero-order valence-electron chi connectivity index (χ0n) is 14.2. The maximum Gasteiger partial charge on any atom is 0.404 e. The molecule has 0 saturated heterocycles. The molecule has 0 spiro atoms. The summed E-state index contributed by atoms with van der Waals surface area (Å²) in [6, 6.07) is 27.2. The molecule has 26 heavy (non-hydrogen) atoms. The average molecular weight is 347 g/mol. The summed E-state index contributed by atoms with van der Waals surface area (Å²) in [4.78, 5) is 10.9. The number of carbonyl (C=O) groups is 1. The first-order valence-corrected chi connectivity index (χ1v) is 8.50. The highest BCUT2D eigenvalue weighted by Gasteiger charge is 2.23. The summed E-state index contributed by atoms with van der Waals surface area (Å²) >= 11 is 0. The fourth-order valence-electron chi connectivity index (χ4n) is 3.04. The Labute approximate surface area is 152 Å². The summed E-state index contributed by atoms with van der Waals surface area (Å²) in [5.41, 5.74) is 3.84. The van der Waals surface area contributed by atoms with Gasteiger partial charge in [0.1, 0.15) is 0 Å². The lowest BCUT2D eigenvalue weighted by Gasteiger charge is -2.24. The van der Waals surface area contributed by atoms with E-state index in [0.717, 1.165) is 22.3 Å². The third-order valence-corrected chi connectivity index (χ3v) is 4.44. The van der Waals surface area contributed by atoms with E-state index in [0.29, 0.717) is 0 Å². The number of hydrogen-bond donors (Lipinski definition) is 3. The van der Waals surface area contributed by atoms with E-state index < -0.39 is 12.2 Å². The Morgan fingerprint density at radius 3 is 1.88 bits per heavy atom. The maximum absolute atomic E-state index is 10.9. The first-order chi connectivity index (χ1) is 12.6. The summed E-state index contributed by atoms with van der Waals surface area (Å²) in [5.74, 6) is -0.377. The molecule has 3 rings (SSSR count). The van der Waals surface area contributed by atoms with Crippen molar-refractivity contribution < 1.29 is 15.0 Å². The van der Waals surface area contributed by atoms with Gasteiger partial charge in [0.2, 0.25) is 0 Å². The number of hydrogen-bond acceptors (Lipinski definition) is 2. The lowest BCUT2D eigenvalue weighted by Crippen LogP contribution is -2.29. The number of carboxylic acid groups (broad SMARTS) is 1. The van der Waals surface area contributed by atoms with Crippen LogP contribution in [0, 0.1) is 0 Å². The van der Waals surface area contributed by atoms with Crippen LogP contribution in [0.3, 0.4) is 0 Å². The van der Waals surface area contributed by atoms with Gasteiger partial charge in [-0.25, -0.2) is 4.79 Å². The first kappa shape index (κ1) is 17.7. The minimum Gasteiger partial charge on any atom is -0.465 e. The third kappa shape index (κ3) is 4.29. The molecule has 2 atom stereocenters. The minimum absolute atomic E-state index is 0.135. The van der Waals surface area contributed by atoms with Crippen LogP contribution >= 0.6 is 0 Å². The van der Waals surface area contributed by atoms with Gasteiger partial charge in [-0.1, -0.05) is 84.9 Å². The Hall–Kier alpha value is -3.11. The van der Waals surface area contributed by atoms with E-state index in [-0.39, 0.29) is 12.5 Å². The summed E-state index contributed by atoms with van der Waals surface area (Å²) in [6.07, 6.45) is -1.90. The molecule has 0 unspecified atom stereocenters. The van der Waals surface area contributed by atoms with Crippen molar-refractivity contribution in [2.45, 2.75) is 12.0 Å². The Kier molecular flexibility index (Phi) is 5.66. The van der Waals surface area contributed by atoms with Gasteiger partial charge < -0.3 is 15.5 Å². The lowest BCUT2D eigenvalue weighted by atomic mass is 9.88. The van der Waals surface area contributed by atoms with Crippen molar-refractivity contribution in [2.75, 3.05) is 6.54 Å². The highest BCUT2D eigenvalue weighted by atomic mass is 16.4. The lowest BCUT2D eigenvalue weighted by molar-refractivity contribution is 0.140. The molecule has 0 fully saturated rings. The SMILES string of the molecule is O=C(O)NC[C@H](c1ccc(-c2ccccc2)cc1)[C@@H](O)c1ccccc1. The summed E-state index contributed by atoms with van der Waals surface area (Å²) in [5, 5.41) is 22.2. The third-order valence-electron chi connectivity index (χ3n) is 4.44. The van der Waals surface area contributed by atoms with Crippen molar-refractivity contribution in [2.24, 2.45) is 0 Å². The summed E-state index contributed by atoms with van der Waals surface area (Å²) in [7, 11) is 0. The molecule has 0 aliphatic rings. The highest BCUT2D eigenvalue weighted by Crippen LogP contribution is 2.32. The van der Waals surface area contributed by atoms with Crippen LogP contribution in [0.15, 0.2) is 84.9 Å². The van der Waals surface area contributed by atoms with Gasteiger partial charge >= 0.3 is 6.09 Å². The fraction of sp³-hybridized carbons (Fsp3) is 0.136. The molecule has 0 aliphatic heterocycles. The summed E-state index contributed by atoms with van der Waals surface area (Å²) in [6.45, 7) is 0.135. The monoisotopic (exact) mass is 347 g/mol. The molecule has 3 aromatic rings. The molecule has 1 amide bonds. The Morgan fingerprint density at radius 2 is 1.31 bits per heavy atom. The highest BCUT2D eigenvalue weighted by molar-refractivity contribution is 5.65. The van der Waals surface area contributed by atoms with Crippen molar-refractivity contribution in [1.82, 2.24) is 5.32 Å². The molecule has 0 aromatic heterocycles. The Balaban J connectivity index is 1.87. The van der Waals surface area contributed by atoms with Crippen molar-refractivity contribution in [3.05, 3.63) is 96.1 Å². The van der Waals surface area contributed by atoms with Crippen LogP contribution in [0.25, 0.3) is 11.1 Å². The second-order valence-electron chi connectivity index (χ2n) is 6.14. The van der Waals surface area contributed by atoms with Crippen LogP contribution in [0.2, 0.25) is 0 Å². The van der Waals surface area contributed by atoms with Crippen LogP contribution in [0.4, 0.5) is 4.79 Å². The van der Waals surface area contributed by atoms with E-state index in [1.54, 1.807) is 0 Å². The van der Waals surface area contributed by atoms with Crippen molar-refractivity contribution >= 4 is 6.09 Å². The average Bonchev–Trinajstić information content (AvgIpc) is 2.69.